The third-order valence-corrected chi connectivity index (χ3v) is 4.01. The third-order valence-electron chi connectivity index (χ3n) is 4.01. The normalized spacial score (nSPS) is 12.0. The van der Waals surface area contributed by atoms with E-state index in [1.165, 1.54) is 13.2 Å². The lowest BCUT2D eigenvalue weighted by Gasteiger charge is -2.18. The fourth-order valence-corrected chi connectivity index (χ4v) is 2.61. The van der Waals surface area contributed by atoms with Gasteiger partial charge in [-0.1, -0.05) is 6.07 Å². The van der Waals surface area contributed by atoms with Crippen molar-refractivity contribution < 1.29 is 28.5 Å². The average Bonchev–Trinajstić information content (AvgIpc) is 2.79. The molecule has 0 fully saturated rings. The van der Waals surface area contributed by atoms with Crippen molar-refractivity contribution in [2.45, 2.75) is 0 Å². The van der Waals surface area contributed by atoms with Gasteiger partial charge in [-0.15, -0.1) is 0 Å². The summed E-state index contributed by atoms with van der Waals surface area (Å²) in [4.78, 5) is 24.2. The van der Waals surface area contributed by atoms with E-state index in [-0.39, 0.29) is 6.61 Å². The van der Waals surface area contributed by atoms with E-state index in [1.54, 1.807) is 42.5 Å². The van der Waals surface area contributed by atoms with Crippen LogP contribution < -0.4 is 29.8 Å². The highest BCUT2D eigenvalue weighted by Crippen LogP contribution is 2.30. The van der Waals surface area contributed by atoms with Gasteiger partial charge in [0.1, 0.15) is 19.3 Å². The second-order valence-corrected chi connectivity index (χ2v) is 5.99. The maximum Gasteiger partial charge on any atom is 0.269 e. The van der Waals surface area contributed by atoms with E-state index in [4.69, 9.17) is 24.2 Å². The standard InChI is InChI=1S/C21H19N3O6/c1-27-18-12-14(2-5-16(18)28-9-8-22)3-7-20(25)23-24-21(26)15-4-6-17-19(13-15)30-11-10-29-17/h2-7,12-13H,9-11H2,1H3,(H,23,25)(H,24,26)/b7-3+. The summed E-state index contributed by atoms with van der Waals surface area (Å²) in [6.07, 6.45) is 2.80. The molecular weight excluding hydrogens is 390 g/mol. The van der Waals surface area contributed by atoms with Crippen LogP contribution in [-0.2, 0) is 4.79 Å². The molecule has 1 aliphatic rings. The van der Waals surface area contributed by atoms with Crippen molar-refractivity contribution in [3.05, 3.63) is 53.6 Å². The van der Waals surface area contributed by atoms with E-state index in [9.17, 15) is 9.59 Å². The first-order chi connectivity index (χ1) is 14.6. The monoisotopic (exact) mass is 409 g/mol. The molecule has 9 nitrogen and oxygen atoms in total. The maximum absolute atomic E-state index is 12.2. The third kappa shape index (κ3) is 5.20. The van der Waals surface area contributed by atoms with Gasteiger partial charge in [0.2, 0.25) is 0 Å². The van der Waals surface area contributed by atoms with Gasteiger partial charge >= 0.3 is 0 Å². The molecular formula is C21H19N3O6. The van der Waals surface area contributed by atoms with Gasteiger partial charge in [-0.05, 0) is 42.0 Å². The smallest absolute Gasteiger partial charge is 0.269 e. The summed E-state index contributed by atoms with van der Waals surface area (Å²) in [6.45, 7) is 0.773. The van der Waals surface area contributed by atoms with Crippen molar-refractivity contribution in [3.63, 3.8) is 0 Å². The summed E-state index contributed by atoms with van der Waals surface area (Å²) in [5.74, 6) is 0.895. The molecule has 2 N–H and O–H groups in total. The van der Waals surface area contributed by atoms with Gasteiger partial charge in [-0.25, -0.2) is 0 Å². The topological polar surface area (TPSA) is 119 Å². The number of nitriles is 1. The van der Waals surface area contributed by atoms with Crippen LogP contribution in [-0.4, -0.2) is 38.7 Å². The van der Waals surface area contributed by atoms with Crippen molar-refractivity contribution in [3.8, 4) is 29.1 Å². The molecule has 30 heavy (non-hydrogen) atoms. The highest BCUT2D eigenvalue weighted by molar-refractivity contribution is 5.98. The lowest BCUT2D eigenvalue weighted by Crippen LogP contribution is -2.40. The number of methoxy groups -OCH3 is 1. The van der Waals surface area contributed by atoms with Crippen LogP contribution in [0.25, 0.3) is 6.08 Å². The fourth-order valence-electron chi connectivity index (χ4n) is 2.61. The Bertz CT molecular complexity index is 1010. The number of ether oxygens (including phenoxy) is 4. The van der Waals surface area contributed by atoms with Gasteiger partial charge in [-0.3, -0.25) is 20.4 Å². The number of carbonyl (C=O) groups is 2. The van der Waals surface area contributed by atoms with Crippen molar-refractivity contribution >= 4 is 17.9 Å². The van der Waals surface area contributed by atoms with Crippen molar-refractivity contribution in [1.29, 1.82) is 5.26 Å². The second-order valence-electron chi connectivity index (χ2n) is 5.99. The molecule has 0 radical (unpaired) electrons. The summed E-state index contributed by atoms with van der Waals surface area (Å²) < 4.78 is 21.3. The number of fused-ring (bicyclic) bond motifs is 1. The summed E-state index contributed by atoms with van der Waals surface area (Å²) in [5, 5.41) is 8.59. The molecule has 0 saturated carbocycles. The number of hydrogen-bond donors (Lipinski definition) is 2. The molecule has 0 aliphatic carbocycles. The van der Waals surface area contributed by atoms with Gasteiger partial charge in [-0.2, -0.15) is 5.26 Å². The van der Waals surface area contributed by atoms with Crippen LogP contribution >= 0.6 is 0 Å². The van der Waals surface area contributed by atoms with Crippen LogP contribution in [0.1, 0.15) is 15.9 Å². The Hall–Kier alpha value is -4.19. The number of rotatable bonds is 6. The van der Waals surface area contributed by atoms with E-state index in [1.807, 2.05) is 6.07 Å². The largest absolute Gasteiger partial charge is 0.493 e. The van der Waals surface area contributed by atoms with E-state index in [2.05, 4.69) is 10.9 Å². The molecule has 3 rings (SSSR count). The molecule has 1 aliphatic heterocycles. The summed E-state index contributed by atoms with van der Waals surface area (Å²) in [5.41, 5.74) is 5.64. The summed E-state index contributed by atoms with van der Waals surface area (Å²) in [6, 6.07) is 11.6. The van der Waals surface area contributed by atoms with E-state index >= 15 is 0 Å². The fraction of sp³-hybridized carbons (Fsp3) is 0.190. The van der Waals surface area contributed by atoms with Crippen LogP contribution in [0.3, 0.4) is 0 Å². The SMILES string of the molecule is COc1cc(/C=C/C(=O)NNC(=O)c2ccc3c(c2)OCCO3)ccc1OCC#N. The number of nitrogens with one attached hydrogen (secondary N) is 2. The Morgan fingerprint density at radius 2 is 1.90 bits per heavy atom. The Kier molecular flexibility index (Phi) is 6.74. The molecule has 0 aromatic heterocycles. The van der Waals surface area contributed by atoms with Crippen LogP contribution in [0.2, 0.25) is 0 Å². The molecule has 9 heteroatoms. The quantitative estimate of drug-likeness (QED) is 0.552. The second kappa shape index (κ2) is 9.84. The molecule has 2 amide bonds. The Labute approximate surface area is 172 Å². The Balaban J connectivity index is 1.56. The van der Waals surface area contributed by atoms with Crippen molar-refractivity contribution in [1.82, 2.24) is 10.9 Å². The van der Waals surface area contributed by atoms with Gasteiger partial charge in [0, 0.05) is 11.6 Å². The highest BCUT2D eigenvalue weighted by Gasteiger charge is 2.15. The number of hydrazine groups is 1. The van der Waals surface area contributed by atoms with E-state index < -0.39 is 11.8 Å². The van der Waals surface area contributed by atoms with Crippen LogP contribution in [0.4, 0.5) is 0 Å². The summed E-state index contributed by atoms with van der Waals surface area (Å²) in [7, 11) is 1.47. The number of hydrogen-bond acceptors (Lipinski definition) is 7. The minimum Gasteiger partial charge on any atom is -0.493 e. The zero-order chi connectivity index (χ0) is 21.3. The molecule has 0 spiro atoms. The maximum atomic E-state index is 12.2. The zero-order valence-electron chi connectivity index (χ0n) is 16.1. The molecule has 0 atom stereocenters. The molecule has 2 aromatic carbocycles. The number of carbonyl (C=O) groups excluding carboxylic acids is 2. The number of benzene rings is 2. The molecule has 2 aromatic rings. The van der Waals surface area contributed by atoms with E-state index in [0.717, 1.165) is 0 Å². The predicted octanol–water partition coefficient (Wildman–Crippen LogP) is 1.84. The first kappa shape index (κ1) is 20.5. The van der Waals surface area contributed by atoms with Crippen molar-refractivity contribution in [2.24, 2.45) is 0 Å². The highest BCUT2D eigenvalue weighted by atomic mass is 16.6. The first-order valence-corrected chi connectivity index (χ1v) is 8.96. The first-order valence-electron chi connectivity index (χ1n) is 8.96. The molecule has 0 bridgehead atoms. The van der Waals surface area contributed by atoms with Crippen LogP contribution in [0, 0.1) is 11.3 Å². The zero-order valence-corrected chi connectivity index (χ0v) is 16.1. The molecule has 0 saturated heterocycles. The van der Waals surface area contributed by atoms with Gasteiger partial charge in [0.25, 0.3) is 11.8 Å². The van der Waals surface area contributed by atoms with E-state index in [0.29, 0.717) is 47.3 Å². The number of nitrogens with zero attached hydrogens (tertiary/aromatic N) is 1. The number of amides is 2. The van der Waals surface area contributed by atoms with Gasteiger partial charge in [0.05, 0.1) is 7.11 Å². The Morgan fingerprint density at radius 3 is 2.67 bits per heavy atom. The molecule has 1 heterocycles. The predicted molar refractivity (Wildman–Crippen MR) is 106 cm³/mol. The Morgan fingerprint density at radius 1 is 1.10 bits per heavy atom. The average molecular weight is 409 g/mol. The van der Waals surface area contributed by atoms with Crippen LogP contribution in [0.15, 0.2) is 42.5 Å². The van der Waals surface area contributed by atoms with Gasteiger partial charge in [0.15, 0.2) is 29.6 Å². The molecule has 154 valence electrons. The minimum absolute atomic E-state index is 0.100. The van der Waals surface area contributed by atoms with Crippen LogP contribution in [0.5, 0.6) is 23.0 Å². The molecule has 0 unspecified atom stereocenters. The summed E-state index contributed by atoms with van der Waals surface area (Å²) >= 11 is 0. The van der Waals surface area contributed by atoms with Gasteiger partial charge < -0.3 is 18.9 Å². The minimum atomic E-state index is -0.523. The lowest BCUT2D eigenvalue weighted by atomic mass is 10.2. The van der Waals surface area contributed by atoms with Crippen molar-refractivity contribution in [2.75, 3.05) is 26.9 Å². The lowest BCUT2D eigenvalue weighted by molar-refractivity contribution is -0.117.